The first kappa shape index (κ1) is 20.1. The van der Waals surface area contributed by atoms with Crippen LogP contribution in [0.1, 0.15) is 37.0 Å². The summed E-state index contributed by atoms with van der Waals surface area (Å²) in [5, 5.41) is 10.3. The molecule has 5 heteroatoms. The van der Waals surface area contributed by atoms with E-state index in [0.29, 0.717) is 11.1 Å². The Morgan fingerprint density at radius 3 is 2.48 bits per heavy atom. The highest BCUT2D eigenvalue weighted by Gasteiger charge is 2.44. The molecule has 0 radical (unpaired) electrons. The van der Waals surface area contributed by atoms with Crippen molar-refractivity contribution in [2.45, 2.75) is 25.8 Å². The van der Waals surface area contributed by atoms with Crippen molar-refractivity contribution in [1.82, 2.24) is 4.90 Å². The van der Waals surface area contributed by atoms with Crippen LogP contribution >= 0.6 is 0 Å². The molecule has 29 heavy (non-hydrogen) atoms. The third-order valence-electron chi connectivity index (χ3n) is 4.87. The van der Waals surface area contributed by atoms with Crippen LogP contribution in [0.15, 0.2) is 66.4 Å². The van der Waals surface area contributed by atoms with Gasteiger partial charge in [0.1, 0.15) is 0 Å². The molecule has 0 aromatic heterocycles. The molecule has 2 aromatic carbocycles. The fourth-order valence-electron chi connectivity index (χ4n) is 3.57. The summed E-state index contributed by atoms with van der Waals surface area (Å²) in [6.45, 7) is 3.37. The lowest BCUT2D eigenvalue weighted by molar-refractivity contribution is -0.139. The zero-order valence-electron chi connectivity index (χ0n) is 16.5. The SMILES string of the molecule is CCOC(=O)/C(=C/c1ccccc1)CC1(C#N)c2ccccc2C=CN1C(C)=O. The van der Waals surface area contributed by atoms with E-state index in [2.05, 4.69) is 6.07 Å². The molecular formula is C24H22N2O3. The minimum Gasteiger partial charge on any atom is -0.463 e. The van der Waals surface area contributed by atoms with Crippen molar-refractivity contribution in [3.05, 3.63) is 83.1 Å². The largest absolute Gasteiger partial charge is 0.463 e. The van der Waals surface area contributed by atoms with Gasteiger partial charge in [0.2, 0.25) is 5.91 Å². The van der Waals surface area contributed by atoms with Crippen LogP contribution in [0.5, 0.6) is 0 Å². The van der Waals surface area contributed by atoms with E-state index in [4.69, 9.17) is 4.74 Å². The van der Waals surface area contributed by atoms with Crippen molar-refractivity contribution in [3.63, 3.8) is 0 Å². The van der Waals surface area contributed by atoms with Gasteiger partial charge in [-0.1, -0.05) is 54.6 Å². The van der Waals surface area contributed by atoms with E-state index in [1.54, 1.807) is 25.3 Å². The van der Waals surface area contributed by atoms with E-state index in [0.717, 1.165) is 11.1 Å². The highest BCUT2D eigenvalue weighted by molar-refractivity contribution is 5.94. The first-order valence-corrected chi connectivity index (χ1v) is 9.43. The first-order valence-electron chi connectivity index (χ1n) is 9.43. The lowest BCUT2D eigenvalue weighted by Gasteiger charge is -2.40. The Morgan fingerprint density at radius 2 is 1.83 bits per heavy atom. The summed E-state index contributed by atoms with van der Waals surface area (Å²) >= 11 is 0. The fraction of sp³-hybridized carbons (Fsp3) is 0.208. The summed E-state index contributed by atoms with van der Waals surface area (Å²) in [7, 11) is 0. The van der Waals surface area contributed by atoms with Gasteiger partial charge in [0.15, 0.2) is 5.54 Å². The molecule has 1 aliphatic rings. The summed E-state index contributed by atoms with van der Waals surface area (Å²) in [6, 6.07) is 19.1. The van der Waals surface area contributed by atoms with Gasteiger partial charge in [0, 0.05) is 25.1 Å². The fourth-order valence-corrected chi connectivity index (χ4v) is 3.57. The van der Waals surface area contributed by atoms with E-state index in [-0.39, 0.29) is 18.9 Å². The zero-order chi connectivity index (χ0) is 20.9. The van der Waals surface area contributed by atoms with Gasteiger partial charge in [0.25, 0.3) is 0 Å². The molecule has 1 atom stereocenters. The van der Waals surface area contributed by atoms with E-state index >= 15 is 0 Å². The van der Waals surface area contributed by atoms with Crippen LogP contribution in [-0.2, 0) is 19.9 Å². The Bertz CT molecular complexity index is 1020. The molecule has 0 N–H and O–H groups in total. The molecular weight excluding hydrogens is 364 g/mol. The molecule has 1 amide bonds. The highest BCUT2D eigenvalue weighted by Crippen LogP contribution is 2.41. The summed E-state index contributed by atoms with van der Waals surface area (Å²) in [5.74, 6) is -0.776. The second-order valence-electron chi connectivity index (χ2n) is 6.74. The molecule has 3 rings (SSSR count). The Kier molecular flexibility index (Phi) is 5.94. The van der Waals surface area contributed by atoms with Crippen molar-refractivity contribution in [2.24, 2.45) is 0 Å². The Balaban J connectivity index is 2.15. The van der Waals surface area contributed by atoms with Crippen molar-refractivity contribution in [2.75, 3.05) is 6.61 Å². The topological polar surface area (TPSA) is 70.4 Å². The zero-order valence-corrected chi connectivity index (χ0v) is 16.5. The third-order valence-corrected chi connectivity index (χ3v) is 4.87. The van der Waals surface area contributed by atoms with Gasteiger partial charge in [0.05, 0.1) is 12.7 Å². The number of carbonyl (C=O) groups excluding carboxylic acids is 2. The Hall–Kier alpha value is -3.65. The van der Waals surface area contributed by atoms with Crippen molar-refractivity contribution >= 4 is 24.0 Å². The quantitative estimate of drug-likeness (QED) is 0.568. The molecule has 0 fully saturated rings. The molecule has 2 aromatic rings. The summed E-state index contributed by atoms with van der Waals surface area (Å²) in [6.07, 6.45) is 5.14. The molecule has 146 valence electrons. The molecule has 0 saturated carbocycles. The van der Waals surface area contributed by atoms with Gasteiger partial charge < -0.3 is 4.74 Å². The summed E-state index contributed by atoms with van der Waals surface area (Å²) < 4.78 is 5.25. The average molecular weight is 386 g/mol. The third kappa shape index (κ3) is 3.97. The molecule has 1 aliphatic heterocycles. The maximum absolute atomic E-state index is 12.7. The maximum atomic E-state index is 12.7. The van der Waals surface area contributed by atoms with Crippen LogP contribution in [0.3, 0.4) is 0 Å². The highest BCUT2D eigenvalue weighted by atomic mass is 16.5. The van der Waals surface area contributed by atoms with Gasteiger partial charge in [-0.25, -0.2) is 4.79 Å². The lowest BCUT2D eigenvalue weighted by Crippen LogP contribution is -2.47. The maximum Gasteiger partial charge on any atom is 0.334 e. The number of nitriles is 1. The minimum atomic E-state index is -1.34. The second kappa shape index (κ2) is 8.57. The molecule has 1 unspecified atom stereocenters. The van der Waals surface area contributed by atoms with E-state index in [1.807, 2.05) is 54.6 Å². The number of rotatable bonds is 5. The normalized spacial score (nSPS) is 18.0. The predicted molar refractivity (Wildman–Crippen MR) is 111 cm³/mol. The second-order valence-corrected chi connectivity index (χ2v) is 6.74. The van der Waals surface area contributed by atoms with Gasteiger partial charge in [-0.3, -0.25) is 9.69 Å². The van der Waals surface area contributed by atoms with E-state index < -0.39 is 11.5 Å². The van der Waals surface area contributed by atoms with Gasteiger partial charge in [-0.05, 0) is 35.8 Å². The van der Waals surface area contributed by atoms with Crippen LogP contribution in [0.25, 0.3) is 12.2 Å². The smallest absolute Gasteiger partial charge is 0.334 e. The van der Waals surface area contributed by atoms with Crippen LogP contribution < -0.4 is 0 Å². The Labute approximate surface area is 170 Å². The molecule has 0 spiro atoms. The van der Waals surface area contributed by atoms with Crippen molar-refractivity contribution in [1.29, 1.82) is 5.26 Å². The summed E-state index contributed by atoms with van der Waals surface area (Å²) in [4.78, 5) is 26.5. The van der Waals surface area contributed by atoms with Crippen LogP contribution in [0, 0.1) is 11.3 Å². The monoisotopic (exact) mass is 386 g/mol. The van der Waals surface area contributed by atoms with Gasteiger partial charge in [-0.2, -0.15) is 5.26 Å². The van der Waals surface area contributed by atoms with Gasteiger partial charge >= 0.3 is 5.97 Å². The lowest BCUT2D eigenvalue weighted by atomic mass is 9.78. The van der Waals surface area contributed by atoms with Gasteiger partial charge in [-0.15, -0.1) is 0 Å². The van der Waals surface area contributed by atoms with Crippen molar-refractivity contribution in [3.8, 4) is 6.07 Å². The number of hydrogen-bond acceptors (Lipinski definition) is 4. The molecule has 1 heterocycles. The average Bonchev–Trinajstić information content (AvgIpc) is 2.74. The molecule has 0 aliphatic carbocycles. The molecule has 0 saturated heterocycles. The number of benzene rings is 2. The van der Waals surface area contributed by atoms with E-state index in [1.165, 1.54) is 11.8 Å². The van der Waals surface area contributed by atoms with Crippen LogP contribution in [0.4, 0.5) is 0 Å². The van der Waals surface area contributed by atoms with Crippen LogP contribution in [0.2, 0.25) is 0 Å². The number of ether oxygens (including phenoxy) is 1. The molecule has 0 bridgehead atoms. The van der Waals surface area contributed by atoms with Crippen molar-refractivity contribution < 1.29 is 14.3 Å². The van der Waals surface area contributed by atoms with E-state index in [9.17, 15) is 14.9 Å². The van der Waals surface area contributed by atoms with Crippen LogP contribution in [-0.4, -0.2) is 23.4 Å². The molecule has 5 nitrogen and oxygen atoms in total. The number of esters is 1. The number of nitrogens with zero attached hydrogens (tertiary/aromatic N) is 2. The Morgan fingerprint density at radius 1 is 1.14 bits per heavy atom. The number of amides is 1. The number of hydrogen-bond donors (Lipinski definition) is 0. The number of fused-ring (bicyclic) bond motifs is 1. The standard InChI is InChI=1S/C24H22N2O3/c1-3-29-23(28)21(15-19-9-5-4-6-10-19)16-24(17-25)22-12-8-7-11-20(22)13-14-26(24)18(2)27/h4-15H,3,16H2,1-2H3/b21-15+. The summed E-state index contributed by atoms with van der Waals surface area (Å²) in [5.41, 5.74) is 1.33. The predicted octanol–water partition coefficient (Wildman–Crippen LogP) is 4.28. The first-order chi connectivity index (χ1) is 14.0. The number of carbonyl (C=O) groups is 2. The minimum absolute atomic E-state index is 0.0121.